The van der Waals surface area contributed by atoms with Crippen LogP contribution >= 0.6 is 7.37 Å². The molecule has 2 aromatic rings. The SMILES string of the molecule is CCCC.O=C(O)CCC(CP(=O)(O)c1ccc2ccccc2c1)C(=O)O. The molecule has 7 heteroatoms. The Bertz CT molecular complexity index is 815. The molecule has 0 aliphatic carbocycles. The summed E-state index contributed by atoms with van der Waals surface area (Å²) in [4.78, 5) is 32.1. The molecule has 6 nitrogen and oxygen atoms in total. The zero-order valence-electron chi connectivity index (χ0n) is 15.7. The number of unbranched alkanes of at least 4 members (excludes halogenated alkanes) is 1. The fourth-order valence-corrected chi connectivity index (χ4v) is 4.18. The lowest BCUT2D eigenvalue weighted by Crippen LogP contribution is -2.22. The third-order valence-corrected chi connectivity index (χ3v) is 6.18. The molecule has 27 heavy (non-hydrogen) atoms. The Morgan fingerprint density at radius 2 is 1.59 bits per heavy atom. The van der Waals surface area contributed by atoms with Crippen LogP contribution in [0.1, 0.15) is 39.5 Å². The van der Waals surface area contributed by atoms with Gasteiger partial charge < -0.3 is 15.1 Å². The molecule has 0 fully saturated rings. The molecule has 2 aromatic carbocycles. The lowest BCUT2D eigenvalue weighted by molar-refractivity contribution is -0.142. The van der Waals surface area contributed by atoms with Crippen molar-refractivity contribution in [2.75, 3.05) is 6.16 Å². The zero-order chi connectivity index (χ0) is 20.4. The Morgan fingerprint density at radius 1 is 1.00 bits per heavy atom. The van der Waals surface area contributed by atoms with Crippen LogP contribution in [-0.4, -0.2) is 33.2 Å². The van der Waals surface area contributed by atoms with E-state index in [2.05, 4.69) is 13.8 Å². The van der Waals surface area contributed by atoms with E-state index in [1.807, 2.05) is 12.1 Å². The van der Waals surface area contributed by atoms with Crippen LogP contribution in [0.15, 0.2) is 42.5 Å². The van der Waals surface area contributed by atoms with Crippen molar-refractivity contribution in [1.29, 1.82) is 0 Å². The maximum atomic E-state index is 12.6. The highest BCUT2D eigenvalue weighted by Gasteiger charge is 2.30. The van der Waals surface area contributed by atoms with Crippen molar-refractivity contribution in [3.63, 3.8) is 0 Å². The van der Waals surface area contributed by atoms with E-state index in [1.165, 1.54) is 18.9 Å². The van der Waals surface area contributed by atoms with Gasteiger partial charge in [0.2, 0.25) is 7.37 Å². The Morgan fingerprint density at radius 3 is 2.11 bits per heavy atom. The van der Waals surface area contributed by atoms with Gasteiger partial charge >= 0.3 is 11.9 Å². The van der Waals surface area contributed by atoms with Crippen LogP contribution < -0.4 is 5.30 Å². The standard InChI is InChI=1S/C16H17O6P.C4H10/c17-15(18)8-6-13(16(19)20)10-23(21,22)14-7-5-11-3-1-2-4-12(11)9-14;1-3-4-2/h1-5,7,9,13H,6,8,10H2,(H,17,18)(H,19,20)(H,21,22);3-4H2,1-2H3. The number of carboxylic acids is 2. The molecule has 0 aliphatic rings. The third-order valence-electron chi connectivity index (χ3n) is 4.16. The summed E-state index contributed by atoms with van der Waals surface area (Å²) >= 11 is 0. The van der Waals surface area contributed by atoms with E-state index in [0.717, 1.165) is 10.8 Å². The highest BCUT2D eigenvalue weighted by molar-refractivity contribution is 7.66. The maximum absolute atomic E-state index is 12.6. The van der Waals surface area contributed by atoms with Gasteiger partial charge in [-0.3, -0.25) is 14.2 Å². The number of carbonyl (C=O) groups is 2. The first-order valence-corrected chi connectivity index (χ1v) is 10.8. The van der Waals surface area contributed by atoms with E-state index in [-0.39, 0.29) is 18.1 Å². The average Bonchev–Trinajstić information content (AvgIpc) is 2.64. The number of hydrogen-bond donors (Lipinski definition) is 3. The van der Waals surface area contributed by atoms with Gasteiger partial charge in [-0.15, -0.1) is 0 Å². The second-order valence-electron chi connectivity index (χ2n) is 6.38. The van der Waals surface area contributed by atoms with E-state index < -0.39 is 31.4 Å². The van der Waals surface area contributed by atoms with Crippen LogP contribution in [0.3, 0.4) is 0 Å². The fourth-order valence-electron chi connectivity index (χ4n) is 2.39. The van der Waals surface area contributed by atoms with Crippen LogP contribution in [-0.2, 0) is 14.2 Å². The molecule has 0 heterocycles. The second kappa shape index (κ2) is 10.9. The van der Waals surface area contributed by atoms with Crippen molar-refractivity contribution in [3.05, 3.63) is 42.5 Å². The molecule has 0 radical (unpaired) electrons. The van der Waals surface area contributed by atoms with Crippen molar-refractivity contribution in [2.24, 2.45) is 5.92 Å². The number of benzene rings is 2. The predicted octanol–water partition coefficient (Wildman–Crippen LogP) is 4.11. The number of rotatable bonds is 8. The number of fused-ring (bicyclic) bond motifs is 1. The molecule has 2 atom stereocenters. The Kier molecular flexibility index (Phi) is 9.19. The molecule has 0 aliphatic heterocycles. The molecule has 148 valence electrons. The Hall–Kier alpha value is -2.17. The van der Waals surface area contributed by atoms with Gasteiger partial charge in [0.15, 0.2) is 0 Å². The summed E-state index contributed by atoms with van der Waals surface area (Å²) in [5.74, 6) is -3.57. The molecule has 0 bridgehead atoms. The van der Waals surface area contributed by atoms with Crippen LogP contribution in [0.2, 0.25) is 0 Å². The van der Waals surface area contributed by atoms with Crippen molar-refractivity contribution in [2.45, 2.75) is 39.5 Å². The lowest BCUT2D eigenvalue weighted by Gasteiger charge is -2.17. The molecular weight excluding hydrogens is 367 g/mol. The number of hydrogen-bond acceptors (Lipinski definition) is 3. The topological polar surface area (TPSA) is 112 Å². The van der Waals surface area contributed by atoms with Gasteiger partial charge in [-0.1, -0.05) is 57.0 Å². The van der Waals surface area contributed by atoms with Crippen LogP contribution in [0.4, 0.5) is 0 Å². The van der Waals surface area contributed by atoms with Crippen molar-refractivity contribution >= 4 is 35.4 Å². The zero-order valence-corrected chi connectivity index (χ0v) is 16.6. The fraction of sp³-hybridized carbons (Fsp3) is 0.400. The minimum Gasteiger partial charge on any atom is -0.481 e. The quantitative estimate of drug-likeness (QED) is 0.581. The largest absolute Gasteiger partial charge is 0.481 e. The maximum Gasteiger partial charge on any atom is 0.307 e. The molecule has 0 saturated heterocycles. The molecule has 0 aromatic heterocycles. The van der Waals surface area contributed by atoms with E-state index in [4.69, 9.17) is 10.2 Å². The van der Waals surface area contributed by atoms with E-state index >= 15 is 0 Å². The van der Waals surface area contributed by atoms with Crippen LogP contribution in [0, 0.1) is 5.92 Å². The predicted molar refractivity (Wildman–Crippen MR) is 107 cm³/mol. The summed E-state index contributed by atoms with van der Waals surface area (Å²) in [7, 11) is -3.89. The second-order valence-corrected chi connectivity index (χ2v) is 8.67. The summed E-state index contributed by atoms with van der Waals surface area (Å²) in [6.07, 6.45) is 1.63. The molecule has 0 spiro atoms. The summed E-state index contributed by atoms with van der Waals surface area (Å²) in [5.41, 5.74) is 0. The molecular formula is C20H27O6P. The first-order valence-electron chi connectivity index (χ1n) is 8.97. The van der Waals surface area contributed by atoms with Gasteiger partial charge in [0, 0.05) is 17.9 Å². The van der Waals surface area contributed by atoms with Gasteiger partial charge in [-0.25, -0.2) is 0 Å². The number of carboxylic acid groups (broad SMARTS) is 2. The molecule has 2 unspecified atom stereocenters. The van der Waals surface area contributed by atoms with E-state index in [0.29, 0.717) is 0 Å². The summed E-state index contributed by atoms with van der Waals surface area (Å²) in [6.45, 7) is 4.36. The van der Waals surface area contributed by atoms with Gasteiger partial charge in [-0.2, -0.15) is 0 Å². The third kappa shape index (κ3) is 7.53. The van der Waals surface area contributed by atoms with E-state index in [9.17, 15) is 19.0 Å². The Labute approximate surface area is 159 Å². The minimum absolute atomic E-state index is 0.178. The number of aliphatic carboxylic acids is 2. The van der Waals surface area contributed by atoms with Crippen molar-refractivity contribution in [3.8, 4) is 0 Å². The van der Waals surface area contributed by atoms with Gasteiger partial charge in [0.05, 0.1) is 5.92 Å². The summed E-state index contributed by atoms with van der Waals surface area (Å²) in [5, 5.41) is 19.7. The first-order chi connectivity index (χ1) is 12.7. The lowest BCUT2D eigenvalue weighted by atomic mass is 10.1. The molecule has 0 saturated carbocycles. The summed E-state index contributed by atoms with van der Waals surface area (Å²) in [6, 6.07) is 12.1. The average molecular weight is 394 g/mol. The monoisotopic (exact) mass is 394 g/mol. The smallest absolute Gasteiger partial charge is 0.307 e. The van der Waals surface area contributed by atoms with Gasteiger partial charge in [-0.05, 0) is 29.3 Å². The van der Waals surface area contributed by atoms with Gasteiger partial charge in [0.25, 0.3) is 0 Å². The normalized spacial score (nSPS) is 13.9. The van der Waals surface area contributed by atoms with Crippen LogP contribution in [0.5, 0.6) is 0 Å². The highest BCUT2D eigenvalue weighted by atomic mass is 31.2. The molecule has 2 rings (SSSR count). The first kappa shape index (κ1) is 22.9. The van der Waals surface area contributed by atoms with E-state index in [1.54, 1.807) is 24.3 Å². The van der Waals surface area contributed by atoms with Crippen molar-refractivity contribution in [1.82, 2.24) is 0 Å². The molecule has 3 N–H and O–H groups in total. The highest BCUT2D eigenvalue weighted by Crippen LogP contribution is 2.42. The molecule has 0 amide bonds. The van der Waals surface area contributed by atoms with Gasteiger partial charge in [0.1, 0.15) is 0 Å². The van der Waals surface area contributed by atoms with Crippen molar-refractivity contribution < 1.29 is 29.3 Å². The minimum atomic E-state index is -3.89. The summed E-state index contributed by atoms with van der Waals surface area (Å²) < 4.78 is 12.6. The van der Waals surface area contributed by atoms with Crippen LogP contribution in [0.25, 0.3) is 10.8 Å². The Balaban J connectivity index is 0.000000828.